The molecular weight excluding hydrogens is 252 g/mol. The van der Waals surface area contributed by atoms with E-state index in [4.69, 9.17) is 9.15 Å². The summed E-state index contributed by atoms with van der Waals surface area (Å²) in [6.45, 7) is 2.65. The maximum atomic E-state index is 13.4. The van der Waals surface area contributed by atoms with Gasteiger partial charge in [0, 0.05) is 6.07 Å². The first-order valence-corrected chi connectivity index (χ1v) is 5.91. The molecule has 2 rings (SSSR count). The third-order valence-electron chi connectivity index (χ3n) is 2.67. The lowest BCUT2D eigenvalue weighted by Crippen LogP contribution is -2.04. The van der Waals surface area contributed by atoms with Gasteiger partial charge in [0.05, 0.1) is 6.54 Å². The lowest BCUT2D eigenvalue weighted by atomic mass is 10.2. The molecule has 0 radical (unpaired) electrons. The highest BCUT2D eigenvalue weighted by molar-refractivity contribution is 5.25. The summed E-state index contributed by atoms with van der Waals surface area (Å²) in [7, 11) is 1.83. The Labute approximate surface area is 110 Å². The summed E-state index contributed by atoms with van der Waals surface area (Å²) in [4.78, 5) is 0. The topological polar surface area (TPSA) is 34.4 Å². The van der Waals surface area contributed by atoms with Gasteiger partial charge in [-0.25, -0.2) is 8.78 Å². The summed E-state index contributed by atoms with van der Waals surface area (Å²) in [5.74, 6) is 0.0755. The molecule has 3 nitrogen and oxygen atoms in total. The van der Waals surface area contributed by atoms with E-state index in [2.05, 4.69) is 5.32 Å². The molecule has 1 aromatic heterocycles. The van der Waals surface area contributed by atoms with Gasteiger partial charge in [-0.15, -0.1) is 0 Å². The van der Waals surface area contributed by atoms with Crippen molar-refractivity contribution in [2.75, 3.05) is 7.05 Å². The number of aryl methyl sites for hydroxylation is 1. The maximum absolute atomic E-state index is 13.4. The van der Waals surface area contributed by atoms with E-state index in [0.29, 0.717) is 12.3 Å². The van der Waals surface area contributed by atoms with Crippen LogP contribution in [0.4, 0.5) is 8.78 Å². The Kier molecular flexibility index (Phi) is 4.16. The van der Waals surface area contributed by atoms with E-state index in [0.717, 1.165) is 23.5 Å². The van der Waals surface area contributed by atoms with Gasteiger partial charge in [0.15, 0.2) is 11.6 Å². The van der Waals surface area contributed by atoms with E-state index in [1.807, 2.05) is 20.0 Å². The average Bonchev–Trinajstić information content (AvgIpc) is 2.70. The van der Waals surface area contributed by atoms with E-state index in [1.165, 1.54) is 6.07 Å². The van der Waals surface area contributed by atoms with Crippen molar-refractivity contribution in [1.82, 2.24) is 5.32 Å². The van der Waals surface area contributed by atoms with Crippen LogP contribution in [0, 0.1) is 18.6 Å². The van der Waals surface area contributed by atoms with Gasteiger partial charge < -0.3 is 14.5 Å². The molecule has 1 aromatic carbocycles. The lowest BCUT2D eigenvalue weighted by Gasteiger charge is -2.05. The van der Waals surface area contributed by atoms with Crippen LogP contribution < -0.4 is 10.1 Å². The highest BCUT2D eigenvalue weighted by Gasteiger charge is 2.09. The van der Waals surface area contributed by atoms with Crippen LogP contribution in [-0.2, 0) is 13.2 Å². The Balaban J connectivity index is 2.04. The van der Waals surface area contributed by atoms with Crippen LogP contribution in [0.5, 0.6) is 5.75 Å². The molecule has 0 amide bonds. The van der Waals surface area contributed by atoms with Crippen LogP contribution in [-0.4, -0.2) is 7.05 Å². The Bertz CT molecular complexity index is 567. The molecule has 0 spiro atoms. The zero-order valence-corrected chi connectivity index (χ0v) is 10.8. The Morgan fingerprint density at radius 3 is 2.74 bits per heavy atom. The second kappa shape index (κ2) is 5.84. The molecular formula is C14H15F2NO2. The molecule has 0 atom stereocenters. The van der Waals surface area contributed by atoms with Crippen molar-refractivity contribution in [3.05, 3.63) is 53.0 Å². The van der Waals surface area contributed by atoms with Crippen molar-refractivity contribution in [3.8, 4) is 5.75 Å². The molecule has 5 heteroatoms. The first-order chi connectivity index (χ1) is 9.10. The summed E-state index contributed by atoms with van der Waals surface area (Å²) in [5, 5.41) is 2.99. The van der Waals surface area contributed by atoms with Crippen molar-refractivity contribution < 1.29 is 17.9 Å². The normalized spacial score (nSPS) is 10.7. The van der Waals surface area contributed by atoms with Crippen molar-refractivity contribution in [2.24, 2.45) is 0 Å². The molecule has 1 heterocycles. The van der Waals surface area contributed by atoms with Crippen molar-refractivity contribution in [1.29, 1.82) is 0 Å². The summed E-state index contributed by atoms with van der Waals surface area (Å²) < 4.78 is 36.9. The van der Waals surface area contributed by atoms with E-state index in [-0.39, 0.29) is 12.4 Å². The van der Waals surface area contributed by atoms with Gasteiger partial charge in [0.25, 0.3) is 0 Å². The fraction of sp³-hybridized carbons (Fsp3) is 0.286. The molecule has 0 unspecified atom stereocenters. The lowest BCUT2D eigenvalue weighted by molar-refractivity contribution is 0.254. The number of hydrogen-bond donors (Lipinski definition) is 1. The molecule has 0 aliphatic rings. The Morgan fingerprint density at radius 2 is 2.05 bits per heavy atom. The van der Waals surface area contributed by atoms with Gasteiger partial charge in [-0.3, -0.25) is 0 Å². The van der Waals surface area contributed by atoms with Gasteiger partial charge >= 0.3 is 0 Å². The summed E-state index contributed by atoms with van der Waals surface area (Å²) in [5.41, 5.74) is 1.01. The number of hydrogen-bond acceptors (Lipinski definition) is 3. The molecule has 2 aromatic rings. The van der Waals surface area contributed by atoms with E-state index < -0.39 is 11.6 Å². The minimum Gasteiger partial charge on any atom is -0.483 e. The standard InChI is InChI=1S/C14H15F2NO2/c1-9-5-11(19-14(9)7-17-2)8-18-13-4-3-10(15)6-12(13)16/h3-6,17H,7-8H2,1-2H3. The van der Waals surface area contributed by atoms with Gasteiger partial charge in [0.1, 0.15) is 23.9 Å². The van der Waals surface area contributed by atoms with Crippen LogP contribution >= 0.6 is 0 Å². The minimum absolute atomic E-state index is 0.00520. The SMILES string of the molecule is CNCc1oc(COc2ccc(F)cc2F)cc1C. The molecule has 0 fully saturated rings. The summed E-state index contributed by atoms with van der Waals surface area (Å²) in [6, 6.07) is 5.04. The van der Waals surface area contributed by atoms with Crippen molar-refractivity contribution >= 4 is 0 Å². The van der Waals surface area contributed by atoms with Crippen molar-refractivity contribution in [3.63, 3.8) is 0 Å². The quantitative estimate of drug-likeness (QED) is 0.903. The first-order valence-electron chi connectivity index (χ1n) is 5.91. The van der Waals surface area contributed by atoms with Crippen LogP contribution in [0.1, 0.15) is 17.1 Å². The van der Waals surface area contributed by atoms with Gasteiger partial charge in [-0.1, -0.05) is 0 Å². The predicted octanol–water partition coefficient (Wildman–Crippen LogP) is 3.16. The van der Waals surface area contributed by atoms with Gasteiger partial charge in [-0.05, 0) is 37.7 Å². The smallest absolute Gasteiger partial charge is 0.167 e. The van der Waals surface area contributed by atoms with Gasteiger partial charge in [-0.2, -0.15) is 0 Å². The monoisotopic (exact) mass is 267 g/mol. The van der Waals surface area contributed by atoms with Crippen LogP contribution in [0.3, 0.4) is 0 Å². The summed E-state index contributed by atoms with van der Waals surface area (Å²) >= 11 is 0. The molecule has 0 aliphatic heterocycles. The highest BCUT2D eigenvalue weighted by atomic mass is 19.1. The maximum Gasteiger partial charge on any atom is 0.167 e. The predicted molar refractivity (Wildman–Crippen MR) is 66.9 cm³/mol. The molecule has 102 valence electrons. The fourth-order valence-electron chi connectivity index (χ4n) is 1.74. The zero-order valence-electron chi connectivity index (χ0n) is 10.8. The first kappa shape index (κ1) is 13.5. The number of benzene rings is 1. The average molecular weight is 267 g/mol. The van der Waals surface area contributed by atoms with Crippen LogP contribution in [0.2, 0.25) is 0 Å². The molecule has 19 heavy (non-hydrogen) atoms. The third-order valence-corrected chi connectivity index (χ3v) is 2.67. The second-order valence-corrected chi connectivity index (χ2v) is 4.21. The Morgan fingerprint density at radius 1 is 1.26 bits per heavy atom. The van der Waals surface area contributed by atoms with Crippen LogP contribution in [0.25, 0.3) is 0 Å². The molecule has 1 N–H and O–H groups in total. The van der Waals surface area contributed by atoms with E-state index in [1.54, 1.807) is 0 Å². The largest absolute Gasteiger partial charge is 0.483 e. The zero-order chi connectivity index (χ0) is 13.8. The van der Waals surface area contributed by atoms with Crippen LogP contribution in [0.15, 0.2) is 28.7 Å². The molecule has 0 saturated heterocycles. The number of rotatable bonds is 5. The Hall–Kier alpha value is -1.88. The van der Waals surface area contributed by atoms with E-state index in [9.17, 15) is 8.78 Å². The van der Waals surface area contributed by atoms with E-state index >= 15 is 0 Å². The number of halogens is 2. The van der Waals surface area contributed by atoms with Crippen molar-refractivity contribution in [2.45, 2.75) is 20.1 Å². The molecule has 0 bridgehead atoms. The second-order valence-electron chi connectivity index (χ2n) is 4.21. The van der Waals surface area contributed by atoms with Gasteiger partial charge in [0.2, 0.25) is 0 Å². The highest BCUT2D eigenvalue weighted by Crippen LogP contribution is 2.21. The number of ether oxygens (including phenoxy) is 1. The molecule has 0 saturated carbocycles. The minimum atomic E-state index is -0.723. The summed E-state index contributed by atoms with van der Waals surface area (Å²) in [6.07, 6.45) is 0. The fourth-order valence-corrected chi connectivity index (χ4v) is 1.74. The molecule has 0 aliphatic carbocycles. The number of nitrogens with one attached hydrogen (secondary N) is 1. The third kappa shape index (κ3) is 3.32. The number of furan rings is 1.